The van der Waals surface area contributed by atoms with E-state index in [2.05, 4.69) is 5.43 Å². The average Bonchev–Trinajstić information content (AvgIpc) is 2.97. The van der Waals surface area contributed by atoms with Gasteiger partial charge in [0.15, 0.2) is 6.10 Å². The molecule has 2 N–H and O–H groups in total. The van der Waals surface area contributed by atoms with Crippen molar-refractivity contribution in [1.29, 1.82) is 0 Å². The van der Waals surface area contributed by atoms with Crippen molar-refractivity contribution in [1.82, 2.24) is 10.4 Å². The van der Waals surface area contributed by atoms with Crippen LogP contribution < -0.4 is 5.43 Å². The Hall–Kier alpha value is -2.50. The van der Waals surface area contributed by atoms with Crippen LogP contribution in [0.25, 0.3) is 0 Å². The van der Waals surface area contributed by atoms with Gasteiger partial charge in [0.05, 0.1) is 6.04 Å². The van der Waals surface area contributed by atoms with Gasteiger partial charge in [-0.25, -0.2) is 10.4 Å². The van der Waals surface area contributed by atoms with E-state index in [1.807, 2.05) is 30.3 Å². The number of amides is 2. The fraction of sp³-hybridized carbons (Fsp3) is 0.176. The predicted octanol–water partition coefficient (Wildman–Crippen LogP) is 1.72. The third kappa shape index (κ3) is 2.77. The van der Waals surface area contributed by atoms with Crippen molar-refractivity contribution in [2.45, 2.75) is 18.6 Å². The molecule has 0 spiro atoms. The fourth-order valence-electron chi connectivity index (χ4n) is 2.50. The Morgan fingerprint density at radius 1 is 1.09 bits per heavy atom. The molecule has 5 nitrogen and oxygen atoms in total. The van der Waals surface area contributed by atoms with E-state index >= 15 is 0 Å². The number of aliphatic hydroxyl groups excluding tert-OH is 1. The van der Waals surface area contributed by atoms with E-state index in [1.165, 1.54) is 0 Å². The predicted molar refractivity (Wildman–Crippen MR) is 80.2 cm³/mol. The second-order valence-electron chi connectivity index (χ2n) is 5.18. The van der Waals surface area contributed by atoms with Gasteiger partial charge in [0.25, 0.3) is 5.91 Å². The lowest BCUT2D eigenvalue weighted by Gasteiger charge is -2.19. The van der Waals surface area contributed by atoms with Crippen LogP contribution in [-0.2, 0) is 9.59 Å². The van der Waals surface area contributed by atoms with Crippen LogP contribution in [0.2, 0.25) is 0 Å². The Kier molecular flexibility index (Phi) is 4.00. The third-order valence-electron chi connectivity index (χ3n) is 3.68. The molecule has 2 aromatic rings. The number of hydrogen-bond donors (Lipinski definition) is 2. The molecule has 112 valence electrons. The number of aliphatic hydroxyl groups is 1. The monoisotopic (exact) mass is 296 g/mol. The molecule has 5 heteroatoms. The van der Waals surface area contributed by atoms with Crippen molar-refractivity contribution >= 4 is 11.8 Å². The van der Waals surface area contributed by atoms with Gasteiger partial charge < -0.3 is 5.11 Å². The summed E-state index contributed by atoms with van der Waals surface area (Å²) in [5.74, 6) is -0.997. The van der Waals surface area contributed by atoms with Crippen molar-refractivity contribution in [2.24, 2.45) is 0 Å². The number of hydrogen-bond acceptors (Lipinski definition) is 4. The molecule has 1 saturated heterocycles. The summed E-state index contributed by atoms with van der Waals surface area (Å²) >= 11 is 0. The number of benzene rings is 2. The number of rotatable bonds is 3. The zero-order chi connectivity index (χ0) is 15.5. The molecule has 0 aromatic heterocycles. The van der Waals surface area contributed by atoms with Crippen LogP contribution in [0.1, 0.15) is 29.7 Å². The second kappa shape index (κ2) is 6.09. The molecule has 1 aliphatic rings. The molecule has 0 radical (unpaired) electrons. The summed E-state index contributed by atoms with van der Waals surface area (Å²) < 4.78 is 0. The van der Waals surface area contributed by atoms with E-state index in [-0.39, 0.29) is 18.4 Å². The molecule has 0 bridgehead atoms. The number of nitrogens with zero attached hydrogens (tertiary/aromatic N) is 1. The number of carbonyl (C=O) groups is 2. The molecular weight excluding hydrogens is 280 g/mol. The van der Waals surface area contributed by atoms with Gasteiger partial charge in [0, 0.05) is 6.42 Å². The maximum absolute atomic E-state index is 12.3. The molecule has 22 heavy (non-hydrogen) atoms. The third-order valence-corrected chi connectivity index (χ3v) is 3.68. The van der Waals surface area contributed by atoms with Gasteiger partial charge in [-0.2, -0.15) is 0 Å². The molecular formula is C17H16N2O3. The van der Waals surface area contributed by atoms with Gasteiger partial charge in [-0.1, -0.05) is 60.7 Å². The first kappa shape index (κ1) is 14.4. The first-order chi connectivity index (χ1) is 10.7. The second-order valence-corrected chi connectivity index (χ2v) is 5.18. The van der Waals surface area contributed by atoms with Gasteiger partial charge in [-0.3, -0.25) is 9.59 Å². The normalized spacial score (nSPS) is 19.2. The van der Waals surface area contributed by atoms with Crippen LogP contribution in [0.15, 0.2) is 60.7 Å². The van der Waals surface area contributed by atoms with E-state index in [1.54, 1.807) is 30.3 Å². The number of imide groups is 1. The lowest BCUT2D eigenvalue weighted by atomic mass is 10.1. The highest BCUT2D eigenvalue weighted by molar-refractivity contribution is 5.98. The molecule has 3 rings (SSSR count). The maximum atomic E-state index is 12.3. The smallest absolute Gasteiger partial charge is 0.277 e. The largest absolute Gasteiger partial charge is 0.378 e. The van der Waals surface area contributed by atoms with Crippen LogP contribution >= 0.6 is 0 Å². The van der Waals surface area contributed by atoms with Crippen LogP contribution in [0.5, 0.6) is 0 Å². The Morgan fingerprint density at radius 3 is 2.32 bits per heavy atom. The van der Waals surface area contributed by atoms with Crippen LogP contribution in [0.3, 0.4) is 0 Å². The summed E-state index contributed by atoms with van der Waals surface area (Å²) in [5, 5.41) is 11.1. The first-order valence-electron chi connectivity index (χ1n) is 7.08. The fourth-order valence-corrected chi connectivity index (χ4v) is 2.50. The summed E-state index contributed by atoms with van der Waals surface area (Å²) in [4.78, 5) is 24.4. The van der Waals surface area contributed by atoms with E-state index in [9.17, 15) is 14.7 Å². The minimum atomic E-state index is -1.35. The Morgan fingerprint density at radius 2 is 1.68 bits per heavy atom. The highest BCUT2D eigenvalue weighted by atomic mass is 16.3. The van der Waals surface area contributed by atoms with E-state index in [0.717, 1.165) is 10.6 Å². The van der Waals surface area contributed by atoms with Crippen molar-refractivity contribution in [3.8, 4) is 0 Å². The highest BCUT2D eigenvalue weighted by Crippen LogP contribution is 2.25. The average molecular weight is 296 g/mol. The van der Waals surface area contributed by atoms with Crippen LogP contribution in [-0.4, -0.2) is 21.9 Å². The molecule has 2 amide bonds. The van der Waals surface area contributed by atoms with E-state index in [0.29, 0.717) is 5.56 Å². The van der Waals surface area contributed by atoms with E-state index in [4.69, 9.17) is 0 Å². The summed E-state index contributed by atoms with van der Waals surface area (Å²) in [6.45, 7) is 0. The number of hydrazine groups is 1. The van der Waals surface area contributed by atoms with Gasteiger partial charge in [0.2, 0.25) is 5.91 Å². The van der Waals surface area contributed by atoms with Gasteiger partial charge >= 0.3 is 0 Å². The lowest BCUT2D eigenvalue weighted by molar-refractivity contribution is -0.151. The van der Waals surface area contributed by atoms with Crippen molar-refractivity contribution in [3.05, 3.63) is 71.8 Å². The van der Waals surface area contributed by atoms with Gasteiger partial charge in [-0.15, -0.1) is 0 Å². The topological polar surface area (TPSA) is 69.6 Å². The zero-order valence-corrected chi connectivity index (χ0v) is 11.8. The summed E-state index contributed by atoms with van der Waals surface area (Å²) in [7, 11) is 0. The highest BCUT2D eigenvalue weighted by Gasteiger charge is 2.37. The molecule has 1 heterocycles. The lowest BCUT2D eigenvalue weighted by Crippen LogP contribution is -2.43. The molecule has 0 saturated carbocycles. The number of nitrogens with one attached hydrogen (secondary N) is 1. The molecule has 2 aromatic carbocycles. The quantitative estimate of drug-likeness (QED) is 0.905. The maximum Gasteiger partial charge on any atom is 0.277 e. The molecule has 0 unspecified atom stereocenters. The minimum Gasteiger partial charge on any atom is -0.378 e. The Balaban J connectivity index is 1.75. The minimum absolute atomic E-state index is 0.192. The van der Waals surface area contributed by atoms with Crippen molar-refractivity contribution in [2.75, 3.05) is 0 Å². The summed E-state index contributed by atoms with van der Waals surface area (Å²) in [6.07, 6.45) is -1.16. The van der Waals surface area contributed by atoms with E-state index < -0.39 is 12.0 Å². The van der Waals surface area contributed by atoms with Crippen molar-refractivity contribution in [3.63, 3.8) is 0 Å². The van der Waals surface area contributed by atoms with Crippen LogP contribution in [0.4, 0.5) is 0 Å². The van der Waals surface area contributed by atoms with Crippen molar-refractivity contribution < 1.29 is 14.7 Å². The van der Waals surface area contributed by atoms with Crippen LogP contribution in [0, 0.1) is 0 Å². The first-order valence-corrected chi connectivity index (χ1v) is 7.08. The zero-order valence-electron chi connectivity index (χ0n) is 11.8. The Bertz CT molecular complexity index is 673. The SMILES string of the molecule is O=C1C[C@@H](c2ccccc2)NN1C(=O)[C@H](O)c1ccccc1. The standard InChI is InChI=1S/C17H16N2O3/c20-15-11-14(12-7-3-1-4-8-12)18-19(15)17(22)16(21)13-9-5-2-6-10-13/h1-10,14,16,18,21H,11H2/t14-,16+/m0/s1. The van der Waals surface area contributed by atoms with Gasteiger partial charge in [-0.05, 0) is 11.1 Å². The number of carbonyl (C=O) groups excluding carboxylic acids is 2. The molecule has 2 atom stereocenters. The Labute approximate surface area is 128 Å². The molecule has 0 aliphatic carbocycles. The van der Waals surface area contributed by atoms with Gasteiger partial charge in [0.1, 0.15) is 0 Å². The molecule has 1 fully saturated rings. The molecule has 1 aliphatic heterocycles. The summed E-state index contributed by atoms with van der Waals surface area (Å²) in [6, 6.07) is 17.8. The summed E-state index contributed by atoms with van der Waals surface area (Å²) in [5.41, 5.74) is 4.28.